The lowest BCUT2D eigenvalue weighted by atomic mass is 9.98. The summed E-state index contributed by atoms with van der Waals surface area (Å²) in [4.78, 5) is 28.0. The highest BCUT2D eigenvalue weighted by Crippen LogP contribution is 2.39. The lowest BCUT2D eigenvalue weighted by Gasteiger charge is -2.25. The van der Waals surface area contributed by atoms with Crippen molar-refractivity contribution in [2.24, 2.45) is 0 Å². The maximum atomic E-state index is 13.3. The lowest BCUT2D eigenvalue weighted by Crippen LogP contribution is -2.31. The number of carbonyl (C=O) groups is 1. The molecular weight excluding hydrogens is 401 g/mol. The van der Waals surface area contributed by atoms with Gasteiger partial charge >= 0.3 is 0 Å². The van der Waals surface area contributed by atoms with Crippen LogP contribution in [-0.4, -0.2) is 29.1 Å². The normalized spacial score (nSPS) is 16.1. The fourth-order valence-corrected chi connectivity index (χ4v) is 4.00. The highest BCUT2D eigenvalue weighted by molar-refractivity contribution is 6.32. The van der Waals surface area contributed by atoms with Crippen LogP contribution in [0.1, 0.15) is 39.7 Å². The zero-order valence-corrected chi connectivity index (χ0v) is 16.5. The highest BCUT2D eigenvalue weighted by Gasteiger charge is 2.42. The van der Waals surface area contributed by atoms with E-state index >= 15 is 0 Å². The number of nitrogens with zero attached hydrogens (tertiary/aromatic N) is 1. The smallest absolute Gasteiger partial charge is 0.290 e. The Balaban J connectivity index is 2.00. The minimum atomic E-state index is -0.631. The van der Waals surface area contributed by atoms with Crippen molar-refractivity contribution in [2.45, 2.75) is 19.4 Å². The van der Waals surface area contributed by atoms with Crippen LogP contribution in [-0.2, 0) is 0 Å². The quantitative estimate of drug-likeness (QED) is 0.685. The number of fused-ring (bicyclic) bond motifs is 2. The summed E-state index contributed by atoms with van der Waals surface area (Å²) in [6.45, 7) is 2.02. The molecular formula is C21H17Cl2NO4. The van der Waals surface area contributed by atoms with Crippen LogP contribution in [0.25, 0.3) is 11.0 Å². The summed E-state index contributed by atoms with van der Waals surface area (Å²) in [5, 5.41) is 10.5. The first-order chi connectivity index (χ1) is 13.4. The Labute approximate surface area is 171 Å². The monoisotopic (exact) mass is 417 g/mol. The van der Waals surface area contributed by atoms with Crippen LogP contribution < -0.4 is 5.43 Å². The second kappa shape index (κ2) is 7.24. The van der Waals surface area contributed by atoms with Gasteiger partial charge in [0, 0.05) is 23.2 Å². The van der Waals surface area contributed by atoms with Crippen LogP contribution in [0.2, 0.25) is 10.0 Å². The van der Waals surface area contributed by atoms with E-state index in [2.05, 4.69) is 0 Å². The van der Waals surface area contributed by atoms with Crippen LogP contribution in [0.3, 0.4) is 0 Å². The molecule has 4 rings (SSSR count). The third-order valence-electron chi connectivity index (χ3n) is 4.97. The van der Waals surface area contributed by atoms with Gasteiger partial charge in [0.25, 0.3) is 5.91 Å². The first kappa shape index (κ1) is 19.0. The minimum Gasteiger partial charge on any atom is -0.450 e. The number of aryl methyl sites for hydroxylation is 1. The van der Waals surface area contributed by atoms with Gasteiger partial charge in [-0.2, -0.15) is 0 Å². The van der Waals surface area contributed by atoms with Gasteiger partial charge in [-0.25, -0.2) is 0 Å². The molecule has 2 aromatic carbocycles. The molecule has 0 aliphatic carbocycles. The predicted molar refractivity (Wildman–Crippen MR) is 108 cm³/mol. The van der Waals surface area contributed by atoms with E-state index in [4.69, 9.17) is 27.6 Å². The van der Waals surface area contributed by atoms with E-state index in [-0.39, 0.29) is 35.8 Å². The number of carbonyl (C=O) groups excluding carboxylic acids is 1. The molecule has 28 heavy (non-hydrogen) atoms. The van der Waals surface area contributed by atoms with Crippen LogP contribution in [0.15, 0.2) is 45.6 Å². The standard InChI is InChI=1S/C21H17Cl2NO4/c1-11-8-16-14(10-15(11)23)19(26)17-18(12-4-2-5-13(22)9-12)24(6-3-7-25)21(27)20(17)28-16/h2,4-5,8-10,18,25H,3,6-7H2,1H3. The summed E-state index contributed by atoms with van der Waals surface area (Å²) >= 11 is 12.4. The number of hydrogen-bond donors (Lipinski definition) is 1. The van der Waals surface area contributed by atoms with Crippen molar-refractivity contribution < 1.29 is 14.3 Å². The molecule has 1 aliphatic rings. The molecule has 1 atom stereocenters. The van der Waals surface area contributed by atoms with E-state index < -0.39 is 6.04 Å². The molecule has 1 aromatic heterocycles. The van der Waals surface area contributed by atoms with Crippen molar-refractivity contribution in [3.8, 4) is 0 Å². The van der Waals surface area contributed by atoms with Crippen molar-refractivity contribution in [1.82, 2.24) is 4.90 Å². The molecule has 144 valence electrons. The molecule has 0 spiro atoms. The van der Waals surface area contributed by atoms with Gasteiger partial charge in [0.1, 0.15) is 5.58 Å². The van der Waals surface area contributed by atoms with E-state index in [9.17, 15) is 14.7 Å². The summed E-state index contributed by atoms with van der Waals surface area (Å²) in [6.07, 6.45) is 0.384. The number of rotatable bonds is 4. The Morgan fingerprint density at radius 3 is 2.68 bits per heavy atom. The Morgan fingerprint density at radius 1 is 1.18 bits per heavy atom. The van der Waals surface area contributed by atoms with Crippen molar-refractivity contribution in [3.05, 3.63) is 79.1 Å². The van der Waals surface area contributed by atoms with E-state index in [1.54, 1.807) is 42.2 Å². The van der Waals surface area contributed by atoms with E-state index in [0.29, 0.717) is 33.0 Å². The van der Waals surface area contributed by atoms with Crippen LogP contribution in [0.5, 0.6) is 0 Å². The van der Waals surface area contributed by atoms with Crippen LogP contribution in [0.4, 0.5) is 0 Å². The third-order valence-corrected chi connectivity index (χ3v) is 5.61. The largest absolute Gasteiger partial charge is 0.450 e. The van der Waals surface area contributed by atoms with Crippen molar-refractivity contribution in [2.75, 3.05) is 13.2 Å². The second-order valence-electron chi connectivity index (χ2n) is 6.80. The number of amides is 1. The molecule has 7 heteroatoms. The predicted octanol–water partition coefficient (Wildman–Crippen LogP) is 4.34. The molecule has 0 saturated heterocycles. The number of halogens is 2. The molecule has 1 aliphatic heterocycles. The molecule has 3 aromatic rings. The molecule has 5 nitrogen and oxygen atoms in total. The fourth-order valence-electron chi connectivity index (χ4n) is 3.64. The number of aliphatic hydroxyl groups excluding tert-OH is 1. The fraction of sp³-hybridized carbons (Fsp3) is 0.238. The van der Waals surface area contributed by atoms with Crippen LogP contribution in [0, 0.1) is 6.92 Å². The summed E-state index contributed by atoms with van der Waals surface area (Å²) in [6, 6.07) is 9.65. The third kappa shape index (κ3) is 3.00. The van der Waals surface area contributed by atoms with Gasteiger partial charge in [-0.05, 0) is 48.7 Å². The van der Waals surface area contributed by atoms with Gasteiger partial charge < -0.3 is 14.4 Å². The van der Waals surface area contributed by atoms with E-state index in [1.165, 1.54) is 0 Å². The van der Waals surface area contributed by atoms with Gasteiger partial charge in [0.15, 0.2) is 5.43 Å². The average molecular weight is 418 g/mol. The summed E-state index contributed by atoms with van der Waals surface area (Å²) in [5.41, 5.74) is 1.78. The molecule has 0 bridgehead atoms. The molecule has 1 N–H and O–H groups in total. The van der Waals surface area contributed by atoms with Crippen molar-refractivity contribution >= 4 is 40.1 Å². The van der Waals surface area contributed by atoms with Gasteiger partial charge in [0.05, 0.1) is 17.0 Å². The molecule has 0 saturated carbocycles. The minimum absolute atomic E-state index is 0.0298. The Morgan fingerprint density at radius 2 is 1.96 bits per heavy atom. The molecule has 1 unspecified atom stereocenters. The van der Waals surface area contributed by atoms with Gasteiger partial charge in [-0.3, -0.25) is 9.59 Å². The molecule has 0 fully saturated rings. The molecule has 1 amide bonds. The van der Waals surface area contributed by atoms with Gasteiger partial charge in [-0.15, -0.1) is 0 Å². The van der Waals surface area contributed by atoms with Crippen molar-refractivity contribution in [3.63, 3.8) is 0 Å². The van der Waals surface area contributed by atoms with Gasteiger partial charge in [-0.1, -0.05) is 35.3 Å². The topological polar surface area (TPSA) is 70.8 Å². The lowest BCUT2D eigenvalue weighted by molar-refractivity contribution is 0.0716. The number of aliphatic hydroxyl groups is 1. The molecule has 0 radical (unpaired) electrons. The van der Waals surface area contributed by atoms with E-state index in [0.717, 1.165) is 5.56 Å². The van der Waals surface area contributed by atoms with Crippen LogP contribution >= 0.6 is 23.2 Å². The summed E-state index contributed by atoms with van der Waals surface area (Å²) < 4.78 is 5.88. The van der Waals surface area contributed by atoms with Crippen molar-refractivity contribution in [1.29, 1.82) is 0 Å². The Hall–Kier alpha value is -2.34. The Bertz CT molecular complexity index is 1160. The average Bonchev–Trinajstić information content (AvgIpc) is 2.94. The zero-order valence-electron chi connectivity index (χ0n) is 15.0. The highest BCUT2D eigenvalue weighted by atomic mass is 35.5. The number of benzene rings is 2. The number of hydrogen-bond acceptors (Lipinski definition) is 4. The maximum Gasteiger partial charge on any atom is 0.290 e. The first-order valence-electron chi connectivity index (χ1n) is 8.86. The van der Waals surface area contributed by atoms with Gasteiger partial charge in [0.2, 0.25) is 5.76 Å². The Kier molecular flexibility index (Phi) is 4.91. The second-order valence-corrected chi connectivity index (χ2v) is 7.65. The summed E-state index contributed by atoms with van der Waals surface area (Å²) in [5.74, 6) is -0.345. The zero-order chi connectivity index (χ0) is 20.0. The first-order valence-corrected chi connectivity index (χ1v) is 9.62. The maximum absolute atomic E-state index is 13.3. The van der Waals surface area contributed by atoms with E-state index in [1.807, 2.05) is 6.07 Å². The molecule has 2 heterocycles. The summed E-state index contributed by atoms with van der Waals surface area (Å²) in [7, 11) is 0. The SMILES string of the molecule is Cc1cc2oc3c(c(=O)c2cc1Cl)C(c1cccc(Cl)c1)N(CCCO)C3=O.